The molecule has 124 heavy (non-hydrogen) atoms. The fourth-order valence-corrected chi connectivity index (χ4v) is 34.2. The van der Waals surface area contributed by atoms with Crippen molar-refractivity contribution in [2.24, 2.45) is 0 Å². The van der Waals surface area contributed by atoms with Gasteiger partial charge in [0.25, 0.3) is 63.7 Å². The Morgan fingerprint density at radius 1 is 0.371 bits per heavy atom. The number of amides is 5. The zero-order valence-electron chi connectivity index (χ0n) is 74.4. The second-order valence-electron chi connectivity index (χ2n) is 34.2. The van der Waals surface area contributed by atoms with Crippen LogP contribution in [0.25, 0.3) is 38.4 Å². The van der Waals surface area contributed by atoms with Crippen LogP contribution in [0.4, 0.5) is 13.2 Å². The molecule has 0 fully saturated rings. The first-order chi connectivity index (χ1) is 57.7. The smallest absolute Gasteiger partial charge is 0.384 e. The Morgan fingerprint density at radius 3 is 0.887 bits per heavy atom. The maximum atomic E-state index is 14.3. The Kier molecular flexibility index (Phi) is 30.3. The molecule has 5 amide bonds. The standard InChI is InChI=1S/C30H38FN3O5SSi.C29H36FN3O6SSi.C27H31FN2O4Si.C2H6ClNO2S/c1-18(2)41(19(3)4,20(5)6)39-29-26-25(21(7)34(30(26)35)17-22-12-14-23(31)15-13-22)28(38-40(36,37)33(8)9)24-11-10-16-32-27(24)29;1-17(2)41(18(3)4,19(5)6)39-27-24-23(28(34)33(29(24)35)16-20-11-13-21(30)14-12-20)26(38-40(36,37)32(7)8)22-10-9-15-31-25(22)27;1-15(2)35(16(3)4,17(5)6)34-25-22-21(24(31)20-8-7-13-29-23(20)25)26(32)30(27(22)33)14-18-9-11-19(28)12-10-18;1-4(2)7(3,5)6/h10-16,18-20H,7,17H2,1-6,8-9H3;9-15,17-19H,16H2,1-8H3;7-13,15-17,31H,14H2,1-6H3;1-2H3. The van der Waals surface area contributed by atoms with E-state index in [2.05, 4.69) is 146 Å². The lowest BCUT2D eigenvalue weighted by molar-refractivity contribution is 0.0625. The van der Waals surface area contributed by atoms with Crippen LogP contribution in [-0.2, 0) is 49.5 Å². The van der Waals surface area contributed by atoms with Crippen LogP contribution >= 0.6 is 10.7 Å². The third kappa shape index (κ3) is 19.0. The highest BCUT2D eigenvalue weighted by atomic mass is 35.7. The highest BCUT2D eigenvalue weighted by molar-refractivity contribution is 8.11. The number of benzene rings is 6. The van der Waals surface area contributed by atoms with Crippen LogP contribution in [0.5, 0.6) is 34.5 Å². The number of phenolic OH excluding ortho intramolecular Hbond substituents is 1. The van der Waals surface area contributed by atoms with Gasteiger partial charge < -0.3 is 31.7 Å². The number of phenols is 1. The molecule has 0 saturated heterocycles. The number of hydrogen-bond donors (Lipinski definition) is 1. The summed E-state index contributed by atoms with van der Waals surface area (Å²) in [4.78, 5) is 86.7. The minimum atomic E-state index is -4.32. The first-order valence-corrected chi connectivity index (χ1v) is 52.1. The summed E-state index contributed by atoms with van der Waals surface area (Å²) in [6.07, 6.45) is 4.69. The van der Waals surface area contributed by atoms with Gasteiger partial charge in [-0.05, 0) is 139 Å². The van der Waals surface area contributed by atoms with Crippen molar-refractivity contribution in [2.75, 3.05) is 42.3 Å². The molecule has 6 heterocycles. The Bertz CT molecular complexity index is 5650. The number of halogens is 4. The molecule has 0 bridgehead atoms. The Hall–Kier alpha value is -9.70. The first kappa shape index (κ1) is 98.1. The number of aromatic nitrogens is 3. The van der Waals surface area contributed by atoms with Crippen molar-refractivity contribution in [3.8, 4) is 34.5 Å². The third-order valence-electron chi connectivity index (χ3n) is 23.3. The fourth-order valence-electron chi connectivity index (χ4n) is 17.4. The molecule has 9 aromatic rings. The van der Waals surface area contributed by atoms with E-state index >= 15 is 0 Å². The average Bonchev–Trinajstić information content (AvgIpc) is 1.61. The Balaban J connectivity index is 0.000000203. The average molecular weight is 1840 g/mol. The number of carbonyl (C=O) groups excluding carboxylic acids is 5. The van der Waals surface area contributed by atoms with E-state index in [0.717, 1.165) is 22.7 Å². The molecule has 3 aliphatic heterocycles. The molecule has 3 aliphatic rings. The molecule has 36 heteroatoms. The van der Waals surface area contributed by atoms with Crippen molar-refractivity contribution in [2.45, 2.75) is 194 Å². The molecule has 1 N–H and O–H groups in total. The van der Waals surface area contributed by atoms with Gasteiger partial charge in [0.2, 0.25) is 0 Å². The molecule has 0 radical (unpaired) electrons. The SMILES string of the molecule is C=C1c2c(c(O[Si](C(C)C)(C(C)C)C(C)C)c3ncccc3c2OS(=O)(=O)N(C)C)C(=O)N1Cc1ccc(F)cc1.CC(C)[Si](Oc1c2c(c(O)c3cccnc13)C(=O)N(Cc1ccc(F)cc1)C2=O)(C(C)C)C(C)C.CC(C)[Si](Oc1c2c(c(OS(=O)(=O)N(C)C)c3cccnc13)C(=O)N(Cc1ccc(F)cc1)C2=O)(C(C)C)C(C)C.CN(C)S(=O)(=O)Cl. The number of hydrogen-bond acceptors (Lipinski definition) is 20. The van der Waals surface area contributed by atoms with Crippen LogP contribution in [0.1, 0.15) is 199 Å². The van der Waals surface area contributed by atoms with Crippen molar-refractivity contribution in [3.63, 3.8) is 0 Å². The largest absolute Gasteiger partial charge is 0.541 e. The van der Waals surface area contributed by atoms with Gasteiger partial charge >= 0.3 is 20.6 Å². The molecular formula is C88H111ClF3N9O17S3Si3. The van der Waals surface area contributed by atoms with Crippen LogP contribution in [0.2, 0.25) is 49.9 Å². The van der Waals surface area contributed by atoms with E-state index in [4.69, 9.17) is 32.3 Å². The van der Waals surface area contributed by atoms with Crippen LogP contribution in [0, 0.1) is 17.5 Å². The summed E-state index contributed by atoms with van der Waals surface area (Å²) in [6.45, 7) is 42.3. The van der Waals surface area contributed by atoms with Crippen molar-refractivity contribution in [1.82, 2.24) is 42.6 Å². The van der Waals surface area contributed by atoms with E-state index in [1.165, 1.54) is 114 Å². The van der Waals surface area contributed by atoms with Gasteiger partial charge in [-0.25, -0.2) is 13.2 Å². The highest BCUT2D eigenvalue weighted by Gasteiger charge is 2.55. The first-order valence-electron chi connectivity index (χ1n) is 40.6. The topological polar surface area (TPSA) is 312 Å². The van der Waals surface area contributed by atoms with E-state index in [1.54, 1.807) is 60.9 Å². The lowest BCUT2D eigenvalue weighted by Crippen LogP contribution is -2.51. The molecule has 26 nitrogen and oxygen atoms in total. The molecule has 6 aromatic carbocycles. The van der Waals surface area contributed by atoms with Gasteiger partial charge in [0.05, 0.1) is 47.5 Å². The minimum absolute atomic E-state index is 0.0324. The monoisotopic (exact) mass is 1840 g/mol. The predicted octanol–water partition coefficient (Wildman–Crippen LogP) is 19.1. The van der Waals surface area contributed by atoms with Gasteiger partial charge in [-0.15, -0.1) is 0 Å². The van der Waals surface area contributed by atoms with Gasteiger partial charge in [0.1, 0.15) is 62.6 Å². The number of fused-ring (bicyclic) bond motifs is 6. The summed E-state index contributed by atoms with van der Waals surface area (Å²) in [5.41, 5.74) is 4.75. The number of aromatic hydroxyl groups is 1. The number of nitrogens with zero attached hydrogens (tertiary/aromatic N) is 9. The van der Waals surface area contributed by atoms with Crippen molar-refractivity contribution in [1.29, 1.82) is 0 Å². The van der Waals surface area contributed by atoms with E-state index < -0.39 is 102 Å². The summed E-state index contributed by atoms with van der Waals surface area (Å²) in [6, 6.07) is 26.8. The van der Waals surface area contributed by atoms with Crippen molar-refractivity contribution in [3.05, 3.63) is 202 Å². The van der Waals surface area contributed by atoms with Crippen molar-refractivity contribution >= 4 is 133 Å². The zero-order chi connectivity index (χ0) is 92.6. The maximum Gasteiger partial charge on any atom is 0.384 e. The lowest BCUT2D eigenvalue weighted by Gasteiger charge is -2.42. The summed E-state index contributed by atoms with van der Waals surface area (Å²) < 4.78 is 148. The second-order valence-corrected chi connectivity index (χ2v) is 56.5. The lowest BCUT2D eigenvalue weighted by atomic mass is 10.0. The fraction of sp³-hybridized carbons (Fsp3) is 0.409. The van der Waals surface area contributed by atoms with Gasteiger partial charge in [-0.2, -0.15) is 38.2 Å². The third-order valence-corrected chi connectivity index (χ3v) is 45.4. The summed E-state index contributed by atoms with van der Waals surface area (Å²) in [5, 5.41) is 12.1. The van der Waals surface area contributed by atoms with Gasteiger partial charge in [-0.1, -0.05) is 168 Å². The van der Waals surface area contributed by atoms with E-state index in [0.29, 0.717) is 44.2 Å². The summed E-state index contributed by atoms with van der Waals surface area (Å²) in [7, 11) is -7.01. The van der Waals surface area contributed by atoms with Crippen LogP contribution < -0.4 is 21.6 Å². The molecule has 12 rings (SSSR count). The Morgan fingerprint density at radius 2 is 0.605 bits per heavy atom. The number of carbonyl (C=O) groups is 5. The molecule has 3 aromatic heterocycles. The summed E-state index contributed by atoms with van der Waals surface area (Å²) in [5.74, 6) is -4.05. The van der Waals surface area contributed by atoms with Gasteiger partial charge in [0, 0.05) is 93.4 Å². The Labute approximate surface area is 733 Å². The molecule has 668 valence electrons. The molecule has 0 saturated carbocycles. The van der Waals surface area contributed by atoms with Gasteiger partial charge in [-0.3, -0.25) is 48.7 Å². The van der Waals surface area contributed by atoms with E-state index in [1.807, 2.05) is 0 Å². The van der Waals surface area contributed by atoms with Crippen LogP contribution in [0.15, 0.2) is 134 Å². The summed E-state index contributed by atoms with van der Waals surface area (Å²) >= 11 is 0. The second kappa shape index (κ2) is 38.2. The molecule has 0 unspecified atom stereocenters. The van der Waals surface area contributed by atoms with Crippen molar-refractivity contribution < 1.29 is 89.1 Å². The number of imide groups is 2. The van der Waals surface area contributed by atoms with Crippen LogP contribution in [0.3, 0.4) is 0 Å². The molecule has 0 spiro atoms. The zero-order valence-corrected chi connectivity index (χ0v) is 80.6. The maximum absolute atomic E-state index is 14.3. The van der Waals surface area contributed by atoms with Crippen LogP contribution in [-0.4, -0.2) is 170 Å². The quantitative estimate of drug-likeness (QED) is 0.0270. The molecule has 0 aliphatic carbocycles. The molecular weight excluding hydrogens is 1730 g/mol. The van der Waals surface area contributed by atoms with Gasteiger partial charge in [0.15, 0.2) is 11.5 Å². The molecule has 0 atom stereocenters. The van der Waals surface area contributed by atoms with E-state index in [-0.39, 0.29) is 148 Å². The number of pyridine rings is 3. The minimum Gasteiger partial charge on any atom is -0.541 e. The predicted molar refractivity (Wildman–Crippen MR) is 483 cm³/mol. The highest BCUT2D eigenvalue weighted by Crippen LogP contribution is 2.56. The van der Waals surface area contributed by atoms with E-state index in [9.17, 15) is 67.5 Å². The normalized spacial score (nSPS) is 14.1. The number of rotatable bonds is 28.